The maximum atomic E-state index is 11.7. The summed E-state index contributed by atoms with van der Waals surface area (Å²) in [6, 6.07) is 3.67. The summed E-state index contributed by atoms with van der Waals surface area (Å²) >= 11 is 3.39. The standard InChI is InChI=1S/C11H10BrNO2/c1-3-13-9-7(10(14)11(13)15)4-6(2)5-8(9)12/h4-5H,3H2,1-2H3. The summed E-state index contributed by atoms with van der Waals surface area (Å²) in [6.45, 7) is 4.27. The Labute approximate surface area is 96.2 Å². The van der Waals surface area contributed by atoms with Crippen molar-refractivity contribution >= 4 is 33.3 Å². The number of aryl methyl sites for hydroxylation is 1. The maximum absolute atomic E-state index is 11.7. The van der Waals surface area contributed by atoms with E-state index >= 15 is 0 Å². The largest absolute Gasteiger partial charge is 0.304 e. The van der Waals surface area contributed by atoms with Crippen LogP contribution in [0.4, 0.5) is 5.69 Å². The molecule has 0 fully saturated rings. The smallest absolute Gasteiger partial charge is 0.299 e. The highest BCUT2D eigenvalue weighted by molar-refractivity contribution is 9.10. The number of ketones is 1. The Morgan fingerprint density at radius 3 is 2.60 bits per heavy atom. The van der Waals surface area contributed by atoms with Crippen molar-refractivity contribution < 1.29 is 9.59 Å². The fourth-order valence-corrected chi connectivity index (χ4v) is 2.61. The number of nitrogens with zero attached hydrogens (tertiary/aromatic N) is 1. The zero-order valence-corrected chi connectivity index (χ0v) is 10.1. The maximum Gasteiger partial charge on any atom is 0.299 e. The molecule has 0 spiro atoms. The van der Waals surface area contributed by atoms with Gasteiger partial charge in [0.25, 0.3) is 11.7 Å². The first-order valence-electron chi connectivity index (χ1n) is 4.72. The summed E-state index contributed by atoms with van der Waals surface area (Å²) < 4.78 is 0.804. The van der Waals surface area contributed by atoms with Gasteiger partial charge in [-0.1, -0.05) is 0 Å². The summed E-state index contributed by atoms with van der Waals surface area (Å²) in [5.74, 6) is -0.838. The molecule has 1 heterocycles. The minimum absolute atomic E-state index is 0.406. The summed E-state index contributed by atoms with van der Waals surface area (Å²) in [7, 11) is 0. The number of hydrogen-bond donors (Lipinski definition) is 0. The van der Waals surface area contributed by atoms with Crippen molar-refractivity contribution in [2.45, 2.75) is 13.8 Å². The highest BCUT2D eigenvalue weighted by Gasteiger charge is 2.36. The third kappa shape index (κ3) is 1.40. The molecule has 0 radical (unpaired) electrons. The first kappa shape index (κ1) is 10.4. The lowest BCUT2D eigenvalue weighted by molar-refractivity contribution is -0.114. The molecule has 0 aliphatic carbocycles. The van der Waals surface area contributed by atoms with Crippen molar-refractivity contribution in [3.63, 3.8) is 0 Å². The zero-order chi connectivity index (χ0) is 11.2. The number of fused-ring (bicyclic) bond motifs is 1. The van der Waals surface area contributed by atoms with Crippen LogP contribution in [0.2, 0.25) is 0 Å². The van der Waals surface area contributed by atoms with E-state index in [0.717, 1.165) is 10.0 Å². The van der Waals surface area contributed by atoms with E-state index in [0.29, 0.717) is 17.8 Å². The zero-order valence-electron chi connectivity index (χ0n) is 8.50. The van der Waals surface area contributed by atoms with Crippen LogP contribution in [-0.2, 0) is 4.79 Å². The number of carbonyl (C=O) groups excluding carboxylic acids is 2. The van der Waals surface area contributed by atoms with Gasteiger partial charge < -0.3 is 4.90 Å². The lowest BCUT2D eigenvalue weighted by Crippen LogP contribution is -2.29. The molecule has 0 unspecified atom stereocenters. The number of hydrogen-bond acceptors (Lipinski definition) is 2. The van der Waals surface area contributed by atoms with Crippen LogP contribution in [0.5, 0.6) is 0 Å². The molecule has 78 valence electrons. The molecule has 15 heavy (non-hydrogen) atoms. The van der Waals surface area contributed by atoms with E-state index in [1.165, 1.54) is 4.90 Å². The van der Waals surface area contributed by atoms with E-state index in [-0.39, 0.29) is 0 Å². The molecule has 0 N–H and O–H groups in total. The summed E-state index contributed by atoms with van der Waals surface area (Å²) in [5.41, 5.74) is 2.19. The Morgan fingerprint density at radius 2 is 2.00 bits per heavy atom. The minimum atomic E-state index is -0.432. The van der Waals surface area contributed by atoms with Crippen molar-refractivity contribution in [1.82, 2.24) is 0 Å². The van der Waals surface area contributed by atoms with Crippen molar-refractivity contribution in [1.29, 1.82) is 0 Å². The first-order valence-corrected chi connectivity index (χ1v) is 5.52. The summed E-state index contributed by atoms with van der Waals surface area (Å²) in [6.07, 6.45) is 0. The number of rotatable bonds is 1. The average Bonchev–Trinajstić information content (AvgIpc) is 2.42. The Bertz CT molecular complexity index is 468. The predicted octanol–water partition coefficient (Wildman–Crippen LogP) is 2.31. The van der Waals surface area contributed by atoms with Crippen molar-refractivity contribution in [2.75, 3.05) is 11.4 Å². The second-order valence-corrected chi connectivity index (χ2v) is 4.38. The quantitative estimate of drug-likeness (QED) is 0.733. The van der Waals surface area contributed by atoms with Gasteiger partial charge in [-0.2, -0.15) is 0 Å². The summed E-state index contributed by atoms with van der Waals surface area (Å²) in [5, 5.41) is 0. The fourth-order valence-electron chi connectivity index (χ4n) is 1.82. The van der Waals surface area contributed by atoms with E-state index in [4.69, 9.17) is 0 Å². The van der Waals surface area contributed by atoms with Crippen LogP contribution in [0.25, 0.3) is 0 Å². The molecule has 0 aromatic heterocycles. The third-order valence-corrected chi connectivity index (χ3v) is 3.08. The highest BCUT2D eigenvalue weighted by Crippen LogP contribution is 2.36. The molecule has 0 saturated carbocycles. The van der Waals surface area contributed by atoms with Gasteiger partial charge in [0.2, 0.25) is 0 Å². The normalized spacial score (nSPS) is 14.7. The SMILES string of the molecule is CCN1C(=O)C(=O)c2cc(C)cc(Br)c21. The van der Waals surface area contributed by atoms with Gasteiger partial charge in [-0.3, -0.25) is 9.59 Å². The number of halogens is 1. The van der Waals surface area contributed by atoms with Crippen molar-refractivity contribution in [3.8, 4) is 0 Å². The number of amides is 1. The Balaban J connectivity index is 2.70. The molecule has 1 aliphatic rings. The van der Waals surface area contributed by atoms with Crippen LogP contribution in [0.15, 0.2) is 16.6 Å². The van der Waals surface area contributed by atoms with Crippen LogP contribution in [-0.4, -0.2) is 18.2 Å². The average molecular weight is 268 g/mol. The number of anilines is 1. The molecular formula is C11H10BrNO2. The number of likely N-dealkylation sites (N-methyl/N-ethyl adjacent to an activating group) is 1. The van der Waals surface area contributed by atoms with Crippen LogP contribution >= 0.6 is 15.9 Å². The van der Waals surface area contributed by atoms with Crippen LogP contribution in [0.1, 0.15) is 22.8 Å². The molecule has 1 aliphatic heterocycles. The third-order valence-electron chi connectivity index (χ3n) is 2.48. The Hall–Kier alpha value is -1.16. The summed E-state index contributed by atoms with van der Waals surface area (Å²) in [4.78, 5) is 24.8. The monoisotopic (exact) mass is 267 g/mol. The lowest BCUT2D eigenvalue weighted by Gasteiger charge is -2.15. The molecule has 0 bridgehead atoms. The second kappa shape index (κ2) is 3.45. The molecule has 1 amide bonds. The first-order chi connectivity index (χ1) is 7.06. The van der Waals surface area contributed by atoms with Crippen LogP contribution < -0.4 is 4.90 Å². The van der Waals surface area contributed by atoms with E-state index in [1.807, 2.05) is 19.9 Å². The predicted molar refractivity (Wildman–Crippen MR) is 61.2 cm³/mol. The van der Waals surface area contributed by atoms with E-state index in [1.54, 1.807) is 6.07 Å². The molecule has 0 saturated heterocycles. The van der Waals surface area contributed by atoms with Crippen molar-refractivity contribution in [2.24, 2.45) is 0 Å². The van der Waals surface area contributed by atoms with Crippen LogP contribution in [0.3, 0.4) is 0 Å². The molecule has 1 aromatic carbocycles. The second-order valence-electron chi connectivity index (χ2n) is 3.52. The molecule has 2 rings (SSSR count). The van der Waals surface area contributed by atoms with Gasteiger partial charge in [0.05, 0.1) is 11.3 Å². The number of carbonyl (C=O) groups is 2. The molecule has 4 heteroatoms. The Morgan fingerprint density at radius 1 is 1.33 bits per heavy atom. The van der Waals surface area contributed by atoms with Gasteiger partial charge >= 0.3 is 0 Å². The van der Waals surface area contributed by atoms with Gasteiger partial charge in [0.15, 0.2) is 0 Å². The van der Waals surface area contributed by atoms with E-state index in [9.17, 15) is 9.59 Å². The van der Waals surface area contributed by atoms with E-state index in [2.05, 4.69) is 15.9 Å². The molecule has 3 nitrogen and oxygen atoms in total. The lowest BCUT2D eigenvalue weighted by atomic mass is 10.1. The van der Waals surface area contributed by atoms with Crippen molar-refractivity contribution in [3.05, 3.63) is 27.7 Å². The van der Waals surface area contributed by atoms with Gasteiger partial charge in [-0.25, -0.2) is 0 Å². The topological polar surface area (TPSA) is 37.4 Å². The van der Waals surface area contributed by atoms with E-state index < -0.39 is 11.7 Å². The van der Waals surface area contributed by atoms with Gasteiger partial charge in [-0.15, -0.1) is 0 Å². The highest BCUT2D eigenvalue weighted by atomic mass is 79.9. The number of benzene rings is 1. The minimum Gasteiger partial charge on any atom is -0.304 e. The molecule has 0 atom stereocenters. The van der Waals surface area contributed by atoms with Gasteiger partial charge in [-0.05, 0) is 47.5 Å². The van der Waals surface area contributed by atoms with Crippen LogP contribution in [0, 0.1) is 6.92 Å². The van der Waals surface area contributed by atoms with Gasteiger partial charge in [0.1, 0.15) is 0 Å². The fraction of sp³-hybridized carbons (Fsp3) is 0.273. The Kier molecular flexibility index (Phi) is 2.38. The molecular weight excluding hydrogens is 258 g/mol. The molecule has 1 aromatic rings. The van der Waals surface area contributed by atoms with Gasteiger partial charge in [0, 0.05) is 11.0 Å². The number of Topliss-reactive ketones (excluding diaryl/α,β-unsaturated/α-hetero) is 1.